The highest BCUT2D eigenvalue weighted by Crippen LogP contribution is 2.17. The molecule has 1 rings (SSSR count). The highest BCUT2D eigenvalue weighted by molar-refractivity contribution is 7.15. The first kappa shape index (κ1) is 9.73. The van der Waals surface area contributed by atoms with Crippen molar-refractivity contribution in [3.63, 3.8) is 0 Å². The third-order valence-electron chi connectivity index (χ3n) is 1.25. The molecular formula is C8H7O4S. The number of carbonyl (C=O) groups is 2. The minimum absolute atomic E-state index is 0.0408. The molecular weight excluding hydrogens is 192 g/mol. The van der Waals surface area contributed by atoms with Gasteiger partial charge in [0.2, 0.25) is 0 Å². The molecule has 0 aliphatic heterocycles. The predicted molar refractivity (Wildman–Crippen MR) is 46.9 cm³/mol. The molecule has 69 valence electrons. The molecule has 1 heterocycles. The maximum Gasteiger partial charge on any atom is 0.348 e. The summed E-state index contributed by atoms with van der Waals surface area (Å²) < 4.78 is 4.59. The molecule has 1 radical (unpaired) electrons. The first-order valence-electron chi connectivity index (χ1n) is 3.44. The largest absolute Gasteiger partial charge is 0.477 e. The Labute approximate surface area is 78.8 Å². The molecule has 0 bridgehead atoms. The summed E-state index contributed by atoms with van der Waals surface area (Å²) in [5.41, 5.74) is 0. The summed E-state index contributed by atoms with van der Waals surface area (Å²) in [5.74, 6) is -1.58. The van der Waals surface area contributed by atoms with Gasteiger partial charge in [0.15, 0.2) is 0 Å². The van der Waals surface area contributed by atoms with Crippen molar-refractivity contribution >= 4 is 23.3 Å². The molecule has 0 aliphatic rings. The Hall–Kier alpha value is -1.36. The number of aromatic carboxylic acids is 1. The van der Waals surface area contributed by atoms with Gasteiger partial charge in [-0.05, 0) is 19.1 Å². The second-order valence-corrected chi connectivity index (χ2v) is 3.19. The fourth-order valence-corrected chi connectivity index (χ4v) is 1.47. The van der Waals surface area contributed by atoms with Crippen LogP contribution in [0.1, 0.15) is 19.3 Å². The highest BCUT2D eigenvalue weighted by Gasteiger charge is 2.12. The van der Waals surface area contributed by atoms with Gasteiger partial charge < -0.3 is 9.84 Å². The smallest absolute Gasteiger partial charge is 0.348 e. The summed E-state index contributed by atoms with van der Waals surface area (Å²) >= 11 is 0.887. The van der Waals surface area contributed by atoms with Gasteiger partial charge in [0, 0.05) is 0 Å². The number of thiophene rings is 1. The van der Waals surface area contributed by atoms with E-state index in [0.29, 0.717) is 0 Å². The van der Waals surface area contributed by atoms with Crippen molar-refractivity contribution < 1.29 is 19.4 Å². The van der Waals surface area contributed by atoms with Crippen LogP contribution in [0.3, 0.4) is 0 Å². The standard InChI is InChI=1S/C8H7O4S/c1-2-12-8(11)6-4-3-5(13-6)7(9)10/h3-4H,1-2H2,(H,9,10). The number of ether oxygens (including phenoxy) is 1. The van der Waals surface area contributed by atoms with Gasteiger partial charge in [0.1, 0.15) is 9.75 Å². The Bertz CT molecular complexity index is 329. The maximum absolute atomic E-state index is 11.0. The quantitative estimate of drug-likeness (QED) is 0.748. The molecule has 0 saturated carbocycles. The van der Waals surface area contributed by atoms with Crippen molar-refractivity contribution in [1.29, 1.82) is 0 Å². The molecule has 1 aromatic rings. The summed E-state index contributed by atoms with van der Waals surface area (Å²) in [6.07, 6.45) is 0. The minimum Gasteiger partial charge on any atom is -0.477 e. The van der Waals surface area contributed by atoms with E-state index in [1.54, 1.807) is 0 Å². The SMILES string of the molecule is [CH2]COC(=O)c1ccc(C(=O)O)s1. The van der Waals surface area contributed by atoms with Crippen molar-refractivity contribution in [2.45, 2.75) is 0 Å². The van der Waals surface area contributed by atoms with E-state index in [1.807, 2.05) is 0 Å². The van der Waals surface area contributed by atoms with Gasteiger partial charge in [-0.1, -0.05) is 0 Å². The van der Waals surface area contributed by atoms with Crippen molar-refractivity contribution in [1.82, 2.24) is 0 Å². The first-order valence-corrected chi connectivity index (χ1v) is 4.26. The lowest BCUT2D eigenvalue weighted by Gasteiger charge is -1.95. The fraction of sp³-hybridized carbons (Fsp3) is 0.125. The molecule has 0 saturated heterocycles. The zero-order valence-corrected chi connectivity index (χ0v) is 7.47. The van der Waals surface area contributed by atoms with E-state index in [9.17, 15) is 9.59 Å². The molecule has 1 aromatic heterocycles. The first-order chi connectivity index (χ1) is 6.15. The molecule has 0 aromatic carbocycles. The highest BCUT2D eigenvalue weighted by atomic mass is 32.1. The lowest BCUT2D eigenvalue weighted by Crippen LogP contribution is -2.01. The molecule has 0 unspecified atom stereocenters. The average molecular weight is 199 g/mol. The van der Waals surface area contributed by atoms with Gasteiger partial charge in [0.25, 0.3) is 0 Å². The zero-order chi connectivity index (χ0) is 9.84. The maximum atomic E-state index is 11.0. The lowest BCUT2D eigenvalue weighted by atomic mass is 10.4. The van der Waals surface area contributed by atoms with Crippen LogP contribution < -0.4 is 0 Å². The number of carboxylic acid groups (broad SMARTS) is 1. The fourth-order valence-electron chi connectivity index (χ4n) is 0.726. The van der Waals surface area contributed by atoms with Crippen LogP contribution in [0.2, 0.25) is 0 Å². The molecule has 13 heavy (non-hydrogen) atoms. The number of hydrogen-bond acceptors (Lipinski definition) is 4. The van der Waals surface area contributed by atoms with E-state index in [1.165, 1.54) is 12.1 Å². The molecule has 0 aliphatic carbocycles. The Kier molecular flexibility index (Phi) is 3.02. The molecule has 1 N–H and O–H groups in total. The van der Waals surface area contributed by atoms with Crippen molar-refractivity contribution in [2.75, 3.05) is 6.61 Å². The van der Waals surface area contributed by atoms with Gasteiger partial charge in [-0.25, -0.2) is 9.59 Å². The molecule has 4 nitrogen and oxygen atoms in total. The van der Waals surface area contributed by atoms with Gasteiger partial charge in [-0.15, -0.1) is 11.3 Å². The number of carboxylic acids is 1. The van der Waals surface area contributed by atoms with Crippen molar-refractivity contribution in [2.24, 2.45) is 0 Å². The summed E-state index contributed by atoms with van der Waals surface area (Å²) in [6.45, 7) is 3.38. The van der Waals surface area contributed by atoms with E-state index in [4.69, 9.17) is 5.11 Å². The monoisotopic (exact) mass is 199 g/mol. The molecule has 0 spiro atoms. The summed E-state index contributed by atoms with van der Waals surface area (Å²) in [6, 6.07) is 2.79. The van der Waals surface area contributed by atoms with Crippen molar-refractivity contribution in [3.05, 3.63) is 28.8 Å². The van der Waals surface area contributed by atoms with Gasteiger partial charge in [-0.3, -0.25) is 0 Å². The molecule has 0 atom stereocenters. The Morgan fingerprint density at radius 3 is 2.54 bits per heavy atom. The predicted octanol–water partition coefficient (Wildman–Crippen LogP) is 1.44. The third kappa shape index (κ3) is 2.29. The molecule has 0 fully saturated rings. The van der Waals surface area contributed by atoms with Gasteiger partial charge in [0.05, 0.1) is 6.61 Å². The minimum atomic E-state index is -1.04. The van der Waals surface area contributed by atoms with E-state index < -0.39 is 11.9 Å². The van der Waals surface area contributed by atoms with Crippen LogP contribution in [-0.2, 0) is 4.74 Å². The third-order valence-corrected chi connectivity index (χ3v) is 2.30. The molecule has 0 amide bonds. The second-order valence-electron chi connectivity index (χ2n) is 2.10. The Morgan fingerprint density at radius 1 is 1.46 bits per heavy atom. The van der Waals surface area contributed by atoms with Crippen molar-refractivity contribution in [3.8, 4) is 0 Å². The van der Waals surface area contributed by atoms with Crippen LogP contribution >= 0.6 is 11.3 Å². The van der Waals surface area contributed by atoms with Crippen LogP contribution in [0.5, 0.6) is 0 Å². The normalized spacial score (nSPS) is 9.62. The summed E-state index contributed by atoms with van der Waals surface area (Å²) in [5, 5.41) is 8.56. The number of esters is 1. The molecule has 5 heteroatoms. The lowest BCUT2D eigenvalue weighted by molar-refractivity contribution is 0.0552. The van der Waals surface area contributed by atoms with E-state index in [2.05, 4.69) is 11.7 Å². The second kappa shape index (κ2) is 4.04. The zero-order valence-electron chi connectivity index (χ0n) is 6.65. The van der Waals surface area contributed by atoms with E-state index in [-0.39, 0.29) is 16.4 Å². The van der Waals surface area contributed by atoms with Crippen LogP contribution in [0, 0.1) is 6.92 Å². The Morgan fingerprint density at radius 2 is 2.08 bits per heavy atom. The van der Waals surface area contributed by atoms with Crippen LogP contribution in [-0.4, -0.2) is 23.7 Å². The Balaban J connectivity index is 2.79. The average Bonchev–Trinajstić information content (AvgIpc) is 2.52. The van der Waals surface area contributed by atoms with E-state index in [0.717, 1.165) is 11.3 Å². The summed E-state index contributed by atoms with van der Waals surface area (Å²) in [7, 11) is 0. The number of carbonyl (C=O) groups excluding carboxylic acids is 1. The number of rotatable bonds is 3. The van der Waals surface area contributed by atoms with Crippen LogP contribution in [0.4, 0.5) is 0 Å². The van der Waals surface area contributed by atoms with Crippen LogP contribution in [0.15, 0.2) is 12.1 Å². The van der Waals surface area contributed by atoms with E-state index >= 15 is 0 Å². The summed E-state index contributed by atoms with van der Waals surface area (Å²) in [4.78, 5) is 21.9. The topological polar surface area (TPSA) is 63.6 Å². The van der Waals surface area contributed by atoms with Gasteiger partial charge in [-0.2, -0.15) is 0 Å². The van der Waals surface area contributed by atoms with Gasteiger partial charge >= 0.3 is 11.9 Å². The van der Waals surface area contributed by atoms with Crippen LogP contribution in [0.25, 0.3) is 0 Å². The number of hydrogen-bond donors (Lipinski definition) is 1.